The summed E-state index contributed by atoms with van der Waals surface area (Å²) in [5.41, 5.74) is 0.767. The maximum Gasteiger partial charge on any atom is 0.310 e. The van der Waals surface area contributed by atoms with E-state index in [9.17, 15) is 13.2 Å². The Morgan fingerprint density at radius 3 is 2.70 bits per heavy atom. The minimum Gasteiger partial charge on any atom is -0.481 e. The average Bonchev–Trinajstić information content (AvgIpc) is 2.73. The summed E-state index contributed by atoms with van der Waals surface area (Å²) < 4.78 is 26.0. The first-order valence-corrected chi connectivity index (χ1v) is 8.11. The molecule has 1 heterocycles. The molecule has 1 N–H and O–H groups in total. The van der Waals surface area contributed by atoms with Crippen LogP contribution in [0.15, 0.2) is 24.3 Å². The fraction of sp³-hybridized carbons (Fsp3) is 0.500. The van der Waals surface area contributed by atoms with Crippen molar-refractivity contribution in [2.75, 3.05) is 13.1 Å². The molecule has 1 fully saturated rings. The van der Waals surface area contributed by atoms with E-state index in [1.807, 2.05) is 25.1 Å². The monoisotopic (exact) mass is 297 g/mol. The highest BCUT2D eigenvalue weighted by Gasteiger charge is 2.44. The third-order valence-corrected chi connectivity index (χ3v) is 5.58. The summed E-state index contributed by atoms with van der Waals surface area (Å²) in [6, 6.07) is 7.35. The Bertz CT molecular complexity index is 626. The van der Waals surface area contributed by atoms with Crippen LogP contribution in [0.1, 0.15) is 24.5 Å². The van der Waals surface area contributed by atoms with E-state index < -0.39 is 21.4 Å². The lowest BCUT2D eigenvalue weighted by atomic mass is 9.90. The highest BCUT2D eigenvalue weighted by molar-refractivity contribution is 7.88. The Balaban J connectivity index is 2.15. The lowest BCUT2D eigenvalue weighted by molar-refractivity contribution is -0.146. The quantitative estimate of drug-likeness (QED) is 0.916. The molecule has 2 rings (SSSR count). The van der Waals surface area contributed by atoms with E-state index in [0.29, 0.717) is 6.42 Å². The fourth-order valence-corrected chi connectivity index (χ4v) is 4.07. The van der Waals surface area contributed by atoms with Gasteiger partial charge in [0.05, 0.1) is 11.2 Å². The van der Waals surface area contributed by atoms with Gasteiger partial charge in [0.1, 0.15) is 0 Å². The van der Waals surface area contributed by atoms with E-state index in [2.05, 4.69) is 0 Å². The van der Waals surface area contributed by atoms with Gasteiger partial charge in [0.15, 0.2) is 0 Å². The molecular formula is C14H19NO4S. The molecule has 6 heteroatoms. The first kappa shape index (κ1) is 15.0. The summed E-state index contributed by atoms with van der Waals surface area (Å²) in [5, 5.41) is 9.16. The fourth-order valence-electron chi connectivity index (χ4n) is 2.43. The van der Waals surface area contributed by atoms with E-state index in [1.54, 1.807) is 13.0 Å². The summed E-state index contributed by atoms with van der Waals surface area (Å²) in [5.74, 6) is -1.02. The Hall–Kier alpha value is -1.40. The van der Waals surface area contributed by atoms with Gasteiger partial charge in [-0.3, -0.25) is 4.79 Å². The molecule has 5 nitrogen and oxygen atoms in total. The molecule has 0 amide bonds. The number of carbonyl (C=O) groups is 1. The number of hydrogen-bond acceptors (Lipinski definition) is 3. The highest BCUT2D eigenvalue weighted by atomic mass is 32.2. The first-order valence-electron chi connectivity index (χ1n) is 6.50. The molecule has 0 radical (unpaired) electrons. The van der Waals surface area contributed by atoms with E-state index in [0.717, 1.165) is 11.1 Å². The number of carboxylic acid groups (broad SMARTS) is 1. The van der Waals surface area contributed by atoms with Crippen LogP contribution in [0.4, 0.5) is 0 Å². The minimum absolute atomic E-state index is 0.0521. The third kappa shape index (κ3) is 3.02. The molecular weight excluding hydrogens is 278 g/mol. The maximum atomic E-state index is 12.4. The molecule has 0 spiro atoms. The van der Waals surface area contributed by atoms with Crippen molar-refractivity contribution < 1.29 is 18.3 Å². The number of sulfonamides is 1. The van der Waals surface area contributed by atoms with Crippen molar-refractivity contribution in [1.29, 1.82) is 0 Å². The summed E-state index contributed by atoms with van der Waals surface area (Å²) >= 11 is 0. The lowest BCUT2D eigenvalue weighted by Gasteiger charge is -2.20. The Morgan fingerprint density at radius 2 is 2.15 bits per heavy atom. The second kappa shape index (κ2) is 5.18. The molecule has 1 aliphatic rings. The minimum atomic E-state index is -3.46. The van der Waals surface area contributed by atoms with Gasteiger partial charge < -0.3 is 5.11 Å². The van der Waals surface area contributed by atoms with Crippen LogP contribution in [0, 0.1) is 12.3 Å². The van der Waals surface area contributed by atoms with Crippen LogP contribution in [0.5, 0.6) is 0 Å². The van der Waals surface area contributed by atoms with Crippen LogP contribution in [-0.4, -0.2) is 36.9 Å². The zero-order valence-electron chi connectivity index (χ0n) is 11.7. The molecule has 1 atom stereocenters. The van der Waals surface area contributed by atoms with Crippen LogP contribution in [0.2, 0.25) is 0 Å². The predicted octanol–water partition coefficient (Wildman–Crippen LogP) is 1.62. The molecule has 1 aromatic rings. The number of rotatable bonds is 4. The van der Waals surface area contributed by atoms with Crippen molar-refractivity contribution in [2.24, 2.45) is 5.41 Å². The number of nitrogens with zero attached hydrogens (tertiary/aromatic N) is 1. The topological polar surface area (TPSA) is 74.7 Å². The number of aryl methyl sites for hydroxylation is 1. The van der Waals surface area contributed by atoms with Crippen LogP contribution in [0.3, 0.4) is 0 Å². The van der Waals surface area contributed by atoms with Gasteiger partial charge in [-0.15, -0.1) is 0 Å². The zero-order valence-corrected chi connectivity index (χ0v) is 12.5. The average molecular weight is 297 g/mol. The van der Waals surface area contributed by atoms with Crippen molar-refractivity contribution in [3.63, 3.8) is 0 Å². The van der Waals surface area contributed by atoms with E-state index in [4.69, 9.17) is 5.11 Å². The Kier molecular flexibility index (Phi) is 3.88. The van der Waals surface area contributed by atoms with E-state index in [1.165, 1.54) is 4.31 Å². The number of hydrogen-bond donors (Lipinski definition) is 1. The van der Waals surface area contributed by atoms with Crippen molar-refractivity contribution in [1.82, 2.24) is 4.31 Å². The molecule has 20 heavy (non-hydrogen) atoms. The second-order valence-electron chi connectivity index (χ2n) is 5.69. The molecule has 0 aromatic heterocycles. The molecule has 110 valence electrons. The van der Waals surface area contributed by atoms with Gasteiger partial charge in [-0.1, -0.05) is 29.8 Å². The van der Waals surface area contributed by atoms with Gasteiger partial charge in [-0.05, 0) is 25.8 Å². The molecule has 1 aliphatic heterocycles. The van der Waals surface area contributed by atoms with Crippen LogP contribution in [0.25, 0.3) is 0 Å². The summed E-state index contributed by atoms with van der Waals surface area (Å²) in [6.45, 7) is 3.83. The van der Waals surface area contributed by atoms with Gasteiger partial charge in [0.2, 0.25) is 10.0 Å². The Morgan fingerprint density at radius 1 is 1.45 bits per heavy atom. The molecule has 0 aliphatic carbocycles. The van der Waals surface area contributed by atoms with Gasteiger partial charge in [0, 0.05) is 13.1 Å². The van der Waals surface area contributed by atoms with Crippen molar-refractivity contribution in [2.45, 2.75) is 26.0 Å². The summed E-state index contributed by atoms with van der Waals surface area (Å²) in [7, 11) is -3.46. The Labute approximate surface area is 119 Å². The van der Waals surface area contributed by atoms with Crippen LogP contribution >= 0.6 is 0 Å². The highest BCUT2D eigenvalue weighted by Crippen LogP contribution is 2.32. The number of aliphatic carboxylic acids is 1. The molecule has 1 unspecified atom stereocenters. The number of benzene rings is 1. The molecule has 0 saturated carbocycles. The first-order chi connectivity index (χ1) is 9.23. The standard InChI is InChI=1S/C14H19NO4S/c1-11-4-3-5-12(8-11)9-20(18,19)15-7-6-14(2,10-15)13(16)17/h3-5,8H,6-7,9-10H2,1-2H3,(H,16,17). The van der Waals surface area contributed by atoms with Crippen molar-refractivity contribution >= 4 is 16.0 Å². The maximum absolute atomic E-state index is 12.4. The van der Waals surface area contributed by atoms with E-state index in [-0.39, 0.29) is 18.8 Å². The van der Waals surface area contributed by atoms with Gasteiger partial charge in [0.25, 0.3) is 0 Å². The second-order valence-corrected chi connectivity index (χ2v) is 7.66. The molecule has 0 bridgehead atoms. The number of carboxylic acids is 1. The van der Waals surface area contributed by atoms with Gasteiger partial charge in [-0.25, -0.2) is 12.7 Å². The summed E-state index contributed by atoms with van der Waals surface area (Å²) in [6.07, 6.45) is 0.357. The largest absolute Gasteiger partial charge is 0.481 e. The smallest absolute Gasteiger partial charge is 0.310 e. The SMILES string of the molecule is Cc1cccc(CS(=O)(=O)N2CCC(C)(C(=O)O)C2)c1. The van der Waals surface area contributed by atoms with Crippen LogP contribution in [-0.2, 0) is 20.6 Å². The summed E-state index contributed by atoms with van der Waals surface area (Å²) in [4.78, 5) is 11.2. The molecule has 1 saturated heterocycles. The third-order valence-electron chi connectivity index (χ3n) is 3.78. The van der Waals surface area contributed by atoms with Crippen LogP contribution < -0.4 is 0 Å². The predicted molar refractivity (Wildman–Crippen MR) is 75.7 cm³/mol. The van der Waals surface area contributed by atoms with Crippen molar-refractivity contribution in [3.8, 4) is 0 Å². The zero-order chi connectivity index (χ0) is 15.0. The lowest BCUT2D eigenvalue weighted by Crippen LogP contribution is -2.35. The normalized spacial score (nSPS) is 23.9. The van der Waals surface area contributed by atoms with Gasteiger partial charge >= 0.3 is 5.97 Å². The van der Waals surface area contributed by atoms with Gasteiger partial charge in [-0.2, -0.15) is 0 Å². The van der Waals surface area contributed by atoms with Crippen molar-refractivity contribution in [3.05, 3.63) is 35.4 Å². The van der Waals surface area contributed by atoms with E-state index >= 15 is 0 Å². The molecule has 1 aromatic carbocycles.